The third kappa shape index (κ3) is 1.47. The first-order valence-electron chi connectivity index (χ1n) is 4.95. The summed E-state index contributed by atoms with van der Waals surface area (Å²) in [5, 5.41) is 8.80. The van der Waals surface area contributed by atoms with Gasteiger partial charge in [0.25, 0.3) is 0 Å². The Hall–Kier alpha value is -1.81. The van der Waals surface area contributed by atoms with Crippen molar-refractivity contribution in [2.24, 2.45) is 0 Å². The number of aromatic nitrogens is 3. The highest BCUT2D eigenvalue weighted by Gasteiger charge is 2.05. The molecular weight excluding hydrogens is 218 g/mol. The molecule has 3 aromatic rings. The van der Waals surface area contributed by atoms with Gasteiger partial charge in [-0.3, -0.25) is 0 Å². The van der Waals surface area contributed by atoms with Crippen LogP contribution in [0.15, 0.2) is 53.4 Å². The lowest BCUT2D eigenvalue weighted by atomic mass is 10.3. The van der Waals surface area contributed by atoms with Gasteiger partial charge in [-0.2, -0.15) is 0 Å². The second-order valence-corrected chi connectivity index (χ2v) is 3.95. The Bertz CT molecular complexity index is 612. The van der Waals surface area contributed by atoms with E-state index in [1.54, 1.807) is 4.80 Å². The monoisotopic (exact) mass is 227 g/mol. The van der Waals surface area contributed by atoms with Crippen molar-refractivity contribution < 1.29 is 0 Å². The molecule has 0 radical (unpaired) electrons. The highest BCUT2D eigenvalue weighted by molar-refractivity contribution is 7.80. The number of thiol groups is 1. The van der Waals surface area contributed by atoms with E-state index in [-0.39, 0.29) is 0 Å². The van der Waals surface area contributed by atoms with Crippen molar-refractivity contribution in [1.82, 2.24) is 15.0 Å². The molecule has 0 atom stereocenters. The summed E-state index contributed by atoms with van der Waals surface area (Å²) in [6, 6.07) is 15.5. The molecule has 0 fully saturated rings. The molecule has 16 heavy (non-hydrogen) atoms. The minimum atomic E-state index is 0.864. The predicted molar refractivity (Wildman–Crippen MR) is 66.1 cm³/mol. The number of para-hydroxylation sites is 1. The van der Waals surface area contributed by atoms with Crippen molar-refractivity contribution in [3.8, 4) is 5.69 Å². The summed E-state index contributed by atoms with van der Waals surface area (Å²) in [7, 11) is 0. The molecule has 0 N–H and O–H groups in total. The van der Waals surface area contributed by atoms with Crippen molar-refractivity contribution in [3.63, 3.8) is 0 Å². The molecule has 0 spiro atoms. The van der Waals surface area contributed by atoms with Gasteiger partial charge >= 0.3 is 0 Å². The second-order valence-electron chi connectivity index (χ2n) is 3.47. The van der Waals surface area contributed by atoms with E-state index in [2.05, 4.69) is 22.8 Å². The summed E-state index contributed by atoms with van der Waals surface area (Å²) in [6.45, 7) is 0. The van der Waals surface area contributed by atoms with E-state index in [0.717, 1.165) is 21.6 Å². The Morgan fingerprint density at radius 1 is 0.812 bits per heavy atom. The van der Waals surface area contributed by atoms with Gasteiger partial charge in [0.1, 0.15) is 11.0 Å². The molecule has 78 valence electrons. The van der Waals surface area contributed by atoms with Gasteiger partial charge in [-0.15, -0.1) is 27.6 Å². The lowest BCUT2D eigenvalue weighted by Gasteiger charge is -2.01. The summed E-state index contributed by atoms with van der Waals surface area (Å²) < 4.78 is 0. The van der Waals surface area contributed by atoms with E-state index in [1.807, 2.05) is 48.5 Å². The Kier molecular flexibility index (Phi) is 2.15. The zero-order chi connectivity index (χ0) is 11.0. The van der Waals surface area contributed by atoms with Crippen molar-refractivity contribution in [1.29, 1.82) is 0 Å². The molecule has 0 bridgehead atoms. The summed E-state index contributed by atoms with van der Waals surface area (Å²) in [5.41, 5.74) is 2.67. The molecule has 4 heteroatoms. The Labute approximate surface area is 98.1 Å². The number of benzene rings is 2. The normalized spacial score (nSPS) is 10.8. The van der Waals surface area contributed by atoms with Crippen LogP contribution in [-0.4, -0.2) is 15.0 Å². The van der Waals surface area contributed by atoms with E-state index in [0.29, 0.717) is 0 Å². The molecule has 0 saturated heterocycles. The first-order chi connectivity index (χ1) is 7.84. The summed E-state index contributed by atoms with van der Waals surface area (Å²) in [4.78, 5) is 2.48. The van der Waals surface area contributed by atoms with Crippen LogP contribution in [0.4, 0.5) is 0 Å². The van der Waals surface area contributed by atoms with Gasteiger partial charge in [0.05, 0.1) is 5.69 Å². The topological polar surface area (TPSA) is 30.7 Å². The third-order valence-electron chi connectivity index (χ3n) is 2.38. The van der Waals surface area contributed by atoms with E-state index >= 15 is 0 Å². The zero-order valence-electron chi connectivity index (χ0n) is 8.41. The molecule has 3 nitrogen and oxygen atoms in total. The largest absolute Gasteiger partial charge is 0.149 e. The minimum Gasteiger partial charge on any atom is -0.149 e. The molecule has 0 aliphatic carbocycles. The highest BCUT2D eigenvalue weighted by Crippen LogP contribution is 2.18. The average molecular weight is 227 g/mol. The quantitative estimate of drug-likeness (QED) is 0.648. The van der Waals surface area contributed by atoms with Crippen molar-refractivity contribution in [2.45, 2.75) is 4.90 Å². The van der Waals surface area contributed by atoms with Gasteiger partial charge in [-0.05, 0) is 24.3 Å². The molecule has 0 unspecified atom stereocenters. The van der Waals surface area contributed by atoms with Crippen LogP contribution in [0.25, 0.3) is 16.7 Å². The first kappa shape index (κ1) is 9.42. The van der Waals surface area contributed by atoms with Crippen molar-refractivity contribution in [2.75, 3.05) is 0 Å². The Morgan fingerprint density at radius 3 is 2.00 bits per heavy atom. The minimum absolute atomic E-state index is 0.864. The number of rotatable bonds is 1. The van der Waals surface area contributed by atoms with Crippen LogP contribution in [0.2, 0.25) is 0 Å². The molecule has 1 heterocycles. The van der Waals surface area contributed by atoms with Crippen LogP contribution < -0.4 is 0 Å². The fourth-order valence-electron chi connectivity index (χ4n) is 1.60. The van der Waals surface area contributed by atoms with E-state index in [1.165, 1.54) is 0 Å². The number of hydrogen-bond donors (Lipinski definition) is 1. The van der Waals surface area contributed by atoms with Gasteiger partial charge in [-0.25, -0.2) is 0 Å². The van der Waals surface area contributed by atoms with Crippen LogP contribution >= 0.6 is 12.6 Å². The third-order valence-corrected chi connectivity index (χ3v) is 2.76. The SMILES string of the molecule is Sc1ccccc1-n1nc2ccccc2n1. The lowest BCUT2D eigenvalue weighted by Crippen LogP contribution is -1.99. The molecular formula is C12H9N3S. The molecule has 0 aliphatic rings. The molecule has 1 aromatic heterocycles. The molecule has 3 rings (SSSR count). The molecule has 0 amide bonds. The van der Waals surface area contributed by atoms with E-state index in [9.17, 15) is 0 Å². The first-order valence-corrected chi connectivity index (χ1v) is 5.40. The molecule has 2 aromatic carbocycles. The smallest absolute Gasteiger partial charge is 0.113 e. The van der Waals surface area contributed by atoms with Crippen molar-refractivity contribution >= 4 is 23.7 Å². The number of fused-ring (bicyclic) bond motifs is 1. The fraction of sp³-hybridized carbons (Fsp3) is 0. The summed E-state index contributed by atoms with van der Waals surface area (Å²) in [5.74, 6) is 0. The van der Waals surface area contributed by atoms with Crippen molar-refractivity contribution in [3.05, 3.63) is 48.5 Å². The van der Waals surface area contributed by atoms with Gasteiger partial charge < -0.3 is 0 Å². The molecule has 0 saturated carbocycles. The lowest BCUT2D eigenvalue weighted by molar-refractivity contribution is 0.753. The summed E-state index contributed by atoms with van der Waals surface area (Å²) >= 11 is 4.39. The zero-order valence-corrected chi connectivity index (χ0v) is 9.30. The maximum Gasteiger partial charge on any atom is 0.113 e. The van der Waals surface area contributed by atoms with E-state index < -0.39 is 0 Å². The Balaban J connectivity index is 2.23. The Morgan fingerprint density at radius 2 is 1.38 bits per heavy atom. The summed E-state index contributed by atoms with van der Waals surface area (Å²) in [6.07, 6.45) is 0. The average Bonchev–Trinajstić information content (AvgIpc) is 2.73. The van der Waals surface area contributed by atoms with Gasteiger partial charge in [0.2, 0.25) is 0 Å². The van der Waals surface area contributed by atoms with E-state index in [4.69, 9.17) is 0 Å². The van der Waals surface area contributed by atoms with Gasteiger partial charge in [-0.1, -0.05) is 24.3 Å². The van der Waals surface area contributed by atoms with Crippen LogP contribution in [0.1, 0.15) is 0 Å². The van der Waals surface area contributed by atoms with Gasteiger partial charge in [0, 0.05) is 4.90 Å². The maximum absolute atomic E-state index is 4.40. The predicted octanol–water partition coefficient (Wildman–Crippen LogP) is 2.71. The number of nitrogens with zero attached hydrogens (tertiary/aromatic N) is 3. The standard InChI is InChI=1S/C12H9N3S/c16-12-8-4-3-7-11(12)15-13-9-5-1-2-6-10(9)14-15/h1-8,16H. The van der Waals surface area contributed by atoms with Crippen LogP contribution in [0.5, 0.6) is 0 Å². The number of hydrogen-bond acceptors (Lipinski definition) is 3. The maximum atomic E-state index is 4.40. The fourth-order valence-corrected chi connectivity index (χ4v) is 1.85. The van der Waals surface area contributed by atoms with Crippen LogP contribution in [0, 0.1) is 0 Å². The highest BCUT2D eigenvalue weighted by atomic mass is 32.1. The van der Waals surface area contributed by atoms with Gasteiger partial charge in [0.15, 0.2) is 0 Å². The van der Waals surface area contributed by atoms with Crippen LogP contribution in [0.3, 0.4) is 0 Å². The second kappa shape index (κ2) is 3.64. The van der Waals surface area contributed by atoms with Crippen LogP contribution in [-0.2, 0) is 0 Å². The molecule has 0 aliphatic heterocycles.